The predicted octanol–water partition coefficient (Wildman–Crippen LogP) is 1.09. The van der Waals surface area contributed by atoms with Crippen LogP contribution < -0.4 is 3.53 Å². The van der Waals surface area contributed by atoms with Crippen LogP contribution in [0.5, 0.6) is 0 Å². The molecule has 1 rings (SSSR count). The minimum absolute atomic E-state index is 0.0342. The second-order valence-corrected chi connectivity index (χ2v) is 3.15. The van der Waals surface area contributed by atoms with Crippen molar-refractivity contribution >= 4 is 28.9 Å². The first-order valence-electron chi connectivity index (χ1n) is 2.73. The Balaban J connectivity index is 2.61. The van der Waals surface area contributed by atoms with Crippen molar-refractivity contribution in [3.05, 3.63) is 0 Å². The van der Waals surface area contributed by atoms with E-state index in [1.54, 1.807) is 0 Å². The number of halogens is 1. The summed E-state index contributed by atoms with van der Waals surface area (Å²) in [7, 11) is 0. The molecule has 0 fully saturated rings. The molecule has 4 heteroatoms. The number of amidine groups is 1. The number of ether oxygens (including phenoxy) is 1. The first kappa shape index (κ1) is 7.11. The maximum Gasteiger partial charge on any atom is 0.294 e. The van der Waals surface area contributed by atoms with Crippen molar-refractivity contribution in [1.29, 1.82) is 0 Å². The molecular weight excluding hydrogens is 231 g/mol. The Kier molecular flexibility index (Phi) is 1.83. The third-order valence-corrected chi connectivity index (χ3v) is 1.51. The molecule has 1 heterocycles. The summed E-state index contributed by atoms with van der Waals surface area (Å²) in [6, 6.07) is 0.639. The maximum absolute atomic E-state index is 5.15. The van der Waals surface area contributed by atoms with E-state index in [1.807, 2.05) is 36.7 Å². The summed E-state index contributed by atoms with van der Waals surface area (Å²) in [4.78, 5) is 4.21. The molecule has 0 unspecified atom stereocenters. The van der Waals surface area contributed by atoms with E-state index in [4.69, 9.17) is 4.74 Å². The Morgan fingerprint density at radius 2 is 2.44 bits per heavy atom. The lowest BCUT2D eigenvalue weighted by Crippen LogP contribution is -2.17. The van der Waals surface area contributed by atoms with Crippen LogP contribution in [0.15, 0.2) is 4.99 Å². The molecular formula is C5H9IN2O. The quantitative estimate of drug-likeness (QED) is 0.508. The van der Waals surface area contributed by atoms with Crippen LogP contribution in [0.25, 0.3) is 0 Å². The fraction of sp³-hybridized carbons (Fsp3) is 0.800. The summed E-state index contributed by atoms with van der Waals surface area (Å²) in [5.41, 5.74) is -0.0342. The summed E-state index contributed by atoms with van der Waals surface area (Å²) in [5.74, 6) is 0. The van der Waals surface area contributed by atoms with Crippen molar-refractivity contribution in [3.8, 4) is 0 Å². The highest BCUT2D eigenvalue weighted by Gasteiger charge is 2.25. The molecule has 0 saturated heterocycles. The summed E-state index contributed by atoms with van der Waals surface area (Å²) in [5, 5.41) is 0. The Morgan fingerprint density at radius 3 is 2.67 bits per heavy atom. The predicted molar refractivity (Wildman–Crippen MR) is 44.6 cm³/mol. The minimum atomic E-state index is -0.0342. The van der Waals surface area contributed by atoms with Crippen LogP contribution in [0.3, 0.4) is 0 Å². The van der Waals surface area contributed by atoms with Crippen molar-refractivity contribution in [2.24, 2.45) is 4.99 Å². The van der Waals surface area contributed by atoms with Gasteiger partial charge in [-0.05, 0) is 13.8 Å². The number of hydrogen-bond donors (Lipinski definition) is 1. The molecule has 0 radical (unpaired) electrons. The fourth-order valence-corrected chi connectivity index (χ4v) is 0.909. The van der Waals surface area contributed by atoms with Gasteiger partial charge in [0, 0.05) is 0 Å². The second-order valence-electron chi connectivity index (χ2n) is 2.61. The van der Waals surface area contributed by atoms with Gasteiger partial charge in [0.25, 0.3) is 6.02 Å². The van der Waals surface area contributed by atoms with Crippen LogP contribution in [0.2, 0.25) is 0 Å². The van der Waals surface area contributed by atoms with Crippen LogP contribution >= 0.6 is 22.9 Å². The van der Waals surface area contributed by atoms with Gasteiger partial charge in [0.05, 0.1) is 28.4 Å². The molecule has 0 spiro atoms. The molecule has 0 aliphatic carbocycles. The van der Waals surface area contributed by atoms with Crippen molar-refractivity contribution in [3.63, 3.8) is 0 Å². The monoisotopic (exact) mass is 240 g/mol. The summed E-state index contributed by atoms with van der Waals surface area (Å²) in [6.45, 7) is 4.75. The van der Waals surface area contributed by atoms with Gasteiger partial charge in [-0.25, -0.2) is 4.99 Å². The number of nitrogens with zero attached hydrogens (tertiary/aromatic N) is 1. The van der Waals surface area contributed by atoms with Crippen molar-refractivity contribution in [2.45, 2.75) is 19.4 Å². The summed E-state index contributed by atoms with van der Waals surface area (Å²) in [6.07, 6.45) is 0. The second kappa shape index (κ2) is 2.32. The highest BCUT2D eigenvalue weighted by molar-refractivity contribution is 14.1. The van der Waals surface area contributed by atoms with E-state index in [0.717, 1.165) is 0 Å². The zero-order valence-electron chi connectivity index (χ0n) is 5.44. The standard InChI is InChI=1S/C5H9IN2O/c1-5(2)3-9-4(7-5)8-6/h3H2,1-2H3,(H,7,8). The molecule has 0 atom stereocenters. The van der Waals surface area contributed by atoms with Crippen molar-refractivity contribution in [2.75, 3.05) is 6.61 Å². The zero-order valence-corrected chi connectivity index (χ0v) is 7.60. The van der Waals surface area contributed by atoms with Crippen LogP contribution in [0, 0.1) is 0 Å². The van der Waals surface area contributed by atoms with Gasteiger partial charge in [0.2, 0.25) is 0 Å². The SMILES string of the molecule is CC1(C)COC(NI)=N1. The first-order chi connectivity index (χ1) is 4.14. The van der Waals surface area contributed by atoms with Crippen LogP contribution in [0.1, 0.15) is 13.8 Å². The topological polar surface area (TPSA) is 33.6 Å². The Morgan fingerprint density at radius 1 is 1.78 bits per heavy atom. The van der Waals surface area contributed by atoms with E-state index in [1.165, 1.54) is 0 Å². The largest absolute Gasteiger partial charge is 0.462 e. The molecule has 9 heavy (non-hydrogen) atoms. The molecule has 0 aromatic rings. The molecule has 1 aliphatic rings. The Hall–Kier alpha value is -0.0000000000000000555. The van der Waals surface area contributed by atoms with Crippen LogP contribution in [-0.4, -0.2) is 18.2 Å². The van der Waals surface area contributed by atoms with Gasteiger partial charge in [-0.3, -0.25) is 3.53 Å². The van der Waals surface area contributed by atoms with Crippen molar-refractivity contribution < 1.29 is 4.74 Å². The fourth-order valence-electron chi connectivity index (χ4n) is 0.633. The molecule has 3 nitrogen and oxygen atoms in total. The molecule has 0 aromatic carbocycles. The lowest BCUT2D eigenvalue weighted by Gasteiger charge is -2.07. The van der Waals surface area contributed by atoms with Crippen molar-refractivity contribution in [1.82, 2.24) is 3.53 Å². The molecule has 0 saturated carbocycles. The van der Waals surface area contributed by atoms with Gasteiger partial charge < -0.3 is 4.74 Å². The van der Waals surface area contributed by atoms with E-state index in [-0.39, 0.29) is 5.54 Å². The van der Waals surface area contributed by atoms with Gasteiger partial charge >= 0.3 is 0 Å². The van der Waals surface area contributed by atoms with Gasteiger partial charge in [-0.1, -0.05) is 0 Å². The lowest BCUT2D eigenvalue weighted by molar-refractivity contribution is 0.275. The Bertz CT molecular complexity index is 144. The molecule has 0 aromatic heterocycles. The Labute approximate surface area is 68.4 Å². The van der Waals surface area contributed by atoms with Gasteiger partial charge in [-0.15, -0.1) is 0 Å². The maximum atomic E-state index is 5.15. The van der Waals surface area contributed by atoms with E-state index < -0.39 is 0 Å². The van der Waals surface area contributed by atoms with Gasteiger partial charge in [0.1, 0.15) is 6.61 Å². The first-order valence-corrected chi connectivity index (χ1v) is 3.81. The number of rotatable bonds is 0. The van der Waals surface area contributed by atoms with E-state index >= 15 is 0 Å². The average molecular weight is 240 g/mol. The molecule has 52 valence electrons. The average Bonchev–Trinajstić information content (AvgIpc) is 2.10. The third-order valence-electron chi connectivity index (χ3n) is 1.05. The molecule has 1 N–H and O–H groups in total. The normalized spacial score (nSPS) is 22.8. The number of nitrogens with one attached hydrogen (secondary N) is 1. The van der Waals surface area contributed by atoms with Gasteiger partial charge in [-0.2, -0.15) is 0 Å². The van der Waals surface area contributed by atoms with Gasteiger partial charge in [0.15, 0.2) is 0 Å². The number of aliphatic imine (C=N–C) groups is 1. The van der Waals surface area contributed by atoms with Crippen LogP contribution in [-0.2, 0) is 4.74 Å². The summed E-state index contributed by atoms with van der Waals surface area (Å²) >= 11 is 2.00. The van der Waals surface area contributed by atoms with E-state index in [2.05, 4.69) is 8.52 Å². The van der Waals surface area contributed by atoms with E-state index in [0.29, 0.717) is 12.6 Å². The van der Waals surface area contributed by atoms with Crippen LogP contribution in [0.4, 0.5) is 0 Å². The lowest BCUT2D eigenvalue weighted by atomic mass is 10.1. The van der Waals surface area contributed by atoms with E-state index in [9.17, 15) is 0 Å². The zero-order chi connectivity index (χ0) is 6.91. The highest BCUT2D eigenvalue weighted by Crippen LogP contribution is 2.15. The highest BCUT2D eigenvalue weighted by atomic mass is 127. The smallest absolute Gasteiger partial charge is 0.294 e. The minimum Gasteiger partial charge on any atom is -0.462 e. The summed E-state index contributed by atoms with van der Waals surface area (Å²) < 4.78 is 7.97. The molecule has 0 bridgehead atoms. The number of hydrogen-bond acceptors (Lipinski definition) is 3. The molecule has 0 amide bonds. The third kappa shape index (κ3) is 1.70. The molecule has 1 aliphatic heterocycles.